The van der Waals surface area contributed by atoms with E-state index in [1.165, 1.54) is 0 Å². The molecule has 0 aromatic heterocycles. The minimum absolute atomic E-state index is 0.397. The second kappa shape index (κ2) is 8.42. The zero-order valence-corrected chi connectivity index (χ0v) is 10.5. The van der Waals surface area contributed by atoms with E-state index in [2.05, 4.69) is 29.9 Å². The average Bonchev–Trinajstić information content (AvgIpc) is 2.22. The SMILES string of the molecule is C=CCCC(C)C(/C=C(\C)N=CC)NC. The molecule has 0 aliphatic heterocycles. The van der Waals surface area contributed by atoms with Crippen LogP contribution in [0, 0.1) is 5.92 Å². The summed E-state index contributed by atoms with van der Waals surface area (Å²) in [6.45, 7) is 9.97. The van der Waals surface area contributed by atoms with Crippen molar-refractivity contribution in [2.24, 2.45) is 10.9 Å². The summed E-state index contributed by atoms with van der Waals surface area (Å²) in [6, 6.07) is 0.397. The fourth-order valence-electron chi connectivity index (χ4n) is 1.60. The summed E-state index contributed by atoms with van der Waals surface area (Å²) in [4.78, 5) is 4.25. The Morgan fingerprint density at radius 2 is 2.20 bits per heavy atom. The van der Waals surface area contributed by atoms with Gasteiger partial charge in [0.1, 0.15) is 0 Å². The molecule has 0 aliphatic carbocycles. The van der Waals surface area contributed by atoms with Crippen molar-refractivity contribution in [3.8, 4) is 0 Å². The van der Waals surface area contributed by atoms with Gasteiger partial charge in [0.15, 0.2) is 0 Å². The van der Waals surface area contributed by atoms with Crippen LogP contribution < -0.4 is 5.32 Å². The number of nitrogens with zero attached hydrogens (tertiary/aromatic N) is 1. The van der Waals surface area contributed by atoms with Gasteiger partial charge < -0.3 is 5.32 Å². The van der Waals surface area contributed by atoms with E-state index in [0.717, 1.165) is 18.5 Å². The minimum atomic E-state index is 0.397. The van der Waals surface area contributed by atoms with Gasteiger partial charge in [-0.05, 0) is 45.7 Å². The Morgan fingerprint density at radius 1 is 1.53 bits per heavy atom. The van der Waals surface area contributed by atoms with Crippen molar-refractivity contribution in [3.63, 3.8) is 0 Å². The molecule has 0 bridgehead atoms. The molecule has 0 aromatic carbocycles. The van der Waals surface area contributed by atoms with E-state index in [-0.39, 0.29) is 0 Å². The standard InChI is InChI=1S/C13H24N2/c1-6-8-9-11(3)13(14-5)10-12(4)15-7-2/h6-7,10-11,13-14H,1,8-9H2,2-5H3/b12-10+,15-7?. The number of hydrogen-bond donors (Lipinski definition) is 1. The third-order valence-electron chi connectivity index (χ3n) is 2.53. The molecule has 0 aliphatic rings. The zero-order chi connectivity index (χ0) is 11.7. The molecule has 0 radical (unpaired) electrons. The van der Waals surface area contributed by atoms with E-state index in [1.807, 2.05) is 33.2 Å². The summed E-state index contributed by atoms with van der Waals surface area (Å²) in [7, 11) is 1.99. The first-order valence-electron chi connectivity index (χ1n) is 5.61. The topological polar surface area (TPSA) is 24.4 Å². The first-order valence-corrected chi connectivity index (χ1v) is 5.61. The fourth-order valence-corrected chi connectivity index (χ4v) is 1.60. The van der Waals surface area contributed by atoms with E-state index in [4.69, 9.17) is 0 Å². The van der Waals surface area contributed by atoms with E-state index in [1.54, 1.807) is 0 Å². The lowest BCUT2D eigenvalue weighted by Gasteiger charge is -2.20. The van der Waals surface area contributed by atoms with Gasteiger partial charge in [0.05, 0.1) is 0 Å². The molecule has 0 saturated carbocycles. The molecule has 0 heterocycles. The monoisotopic (exact) mass is 208 g/mol. The molecule has 0 fully saturated rings. The van der Waals surface area contributed by atoms with Gasteiger partial charge in [0.25, 0.3) is 0 Å². The normalized spacial score (nSPS) is 16.7. The molecule has 1 N–H and O–H groups in total. The van der Waals surface area contributed by atoms with E-state index in [0.29, 0.717) is 12.0 Å². The summed E-state index contributed by atoms with van der Waals surface area (Å²) >= 11 is 0. The lowest BCUT2D eigenvalue weighted by Crippen LogP contribution is -2.30. The Morgan fingerprint density at radius 3 is 2.67 bits per heavy atom. The molecule has 2 nitrogen and oxygen atoms in total. The molecule has 2 unspecified atom stereocenters. The predicted octanol–water partition coefficient (Wildman–Crippen LogP) is 3.17. The van der Waals surface area contributed by atoms with Gasteiger partial charge in [0.2, 0.25) is 0 Å². The molecule has 86 valence electrons. The molecule has 0 saturated heterocycles. The highest BCUT2D eigenvalue weighted by Gasteiger charge is 2.11. The van der Waals surface area contributed by atoms with Gasteiger partial charge in [-0.25, -0.2) is 0 Å². The molecule has 15 heavy (non-hydrogen) atoms. The summed E-state index contributed by atoms with van der Waals surface area (Å²) in [6.07, 6.45) is 8.22. The van der Waals surface area contributed by atoms with Crippen LogP contribution in [0.1, 0.15) is 33.6 Å². The summed E-state index contributed by atoms with van der Waals surface area (Å²) in [5, 5.41) is 3.32. The number of allylic oxidation sites excluding steroid dienone is 2. The van der Waals surface area contributed by atoms with E-state index in [9.17, 15) is 0 Å². The first-order chi connectivity index (χ1) is 7.15. The Balaban J connectivity index is 4.33. The average molecular weight is 208 g/mol. The first kappa shape index (κ1) is 14.1. The smallest absolute Gasteiger partial charge is 0.0344 e. The van der Waals surface area contributed by atoms with Crippen molar-refractivity contribution in [1.29, 1.82) is 0 Å². The molecule has 0 rings (SSSR count). The Bertz CT molecular complexity index is 229. The van der Waals surface area contributed by atoms with Crippen molar-refractivity contribution in [3.05, 3.63) is 24.4 Å². The van der Waals surface area contributed by atoms with Crippen LogP contribution in [-0.4, -0.2) is 19.3 Å². The van der Waals surface area contributed by atoms with Crippen molar-refractivity contribution in [2.45, 2.75) is 39.7 Å². The largest absolute Gasteiger partial charge is 0.313 e. The molecule has 2 heteroatoms. The summed E-state index contributed by atoms with van der Waals surface area (Å²) in [5.74, 6) is 0.606. The highest BCUT2D eigenvalue weighted by molar-refractivity contribution is 5.55. The van der Waals surface area contributed by atoms with Crippen LogP contribution >= 0.6 is 0 Å². The highest BCUT2D eigenvalue weighted by Crippen LogP contribution is 2.13. The van der Waals surface area contributed by atoms with Gasteiger partial charge in [-0.1, -0.05) is 13.0 Å². The Kier molecular flexibility index (Phi) is 7.92. The number of aliphatic imine (C=N–C) groups is 1. The van der Waals surface area contributed by atoms with Gasteiger partial charge in [-0.3, -0.25) is 4.99 Å². The maximum atomic E-state index is 4.25. The van der Waals surface area contributed by atoms with Crippen LogP contribution in [0.3, 0.4) is 0 Å². The maximum Gasteiger partial charge on any atom is 0.0344 e. The van der Waals surface area contributed by atoms with Crippen molar-refractivity contribution in [2.75, 3.05) is 7.05 Å². The van der Waals surface area contributed by atoms with Gasteiger partial charge in [0, 0.05) is 18.0 Å². The van der Waals surface area contributed by atoms with E-state index >= 15 is 0 Å². The van der Waals surface area contributed by atoms with Crippen molar-refractivity contribution < 1.29 is 0 Å². The van der Waals surface area contributed by atoms with E-state index < -0.39 is 0 Å². The van der Waals surface area contributed by atoms with Gasteiger partial charge in [-0.2, -0.15) is 0 Å². The Hall–Kier alpha value is -0.890. The van der Waals surface area contributed by atoms with Crippen LogP contribution in [0.25, 0.3) is 0 Å². The third-order valence-corrected chi connectivity index (χ3v) is 2.53. The third kappa shape index (κ3) is 6.24. The summed E-state index contributed by atoms with van der Waals surface area (Å²) in [5.41, 5.74) is 1.07. The van der Waals surface area contributed by atoms with Crippen molar-refractivity contribution in [1.82, 2.24) is 5.32 Å². The summed E-state index contributed by atoms with van der Waals surface area (Å²) < 4.78 is 0. The fraction of sp³-hybridized carbons (Fsp3) is 0.615. The number of nitrogens with one attached hydrogen (secondary N) is 1. The highest BCUT2D eigenvalue weighted by atomic mass is 14.9. The zero-order valence-electron chi connectivity index (χ0n) is 10.5. The van der Waals surface area contributed by atoms with Crippen LogP contribution in [0.5, 0.6) is 0 Å². The van der Waals surface area contributed by atoms with Gasteiger partial charge >= 0.3 is 0 Å². The van der Waals surface area contributed by atoms with Crippen molar-refractivity contribution >= 4 is 6.21 Å². The molecule has 0 aromatic rings. The Labute approximate surface area is 94.2 Å². The quantitative estimate of drug-likeness (QED) is 0.504. The van der Waals surface area contributed by atoms with Gasteiger partial charge in [-0.15, -0.1) is 6.58 Å². The number of rotatable bonds is 7. The molecular weight excluding hydrogens is 184 g/mol. The molecule has 0 amide bonds. The number of hydrogen-bond acceptors (Lipinski definition) is 2. The maximum absolute atomic E-state index is 4.25. The second-order valence-corrected chi connectivity index (χ2v) is 3.85. The molecular formula is C13H24N2. The lowest BCUT2D eigenvalue weighted by molar-refractivity contribution is 0.434. The van der Waals surface area contributed by atoms with Crippen LogP contribution in [0.15, 0.2) is 29.4 Å². The molecule has 2 atom stereocenters. The number of likely N-dealkylation sites (N-methyl/N-ethyl adjacent to an activating group) is 1. The minimum Gasteiger partial charge on any atom is -0.313 e. The lowest BCUT2D eigenvalue weighted by atomic mass is 9.96. The van der Waals surface area contributed by atoms with Crippen LogP contribution in [0.4, 0.5) is 0 Å². The van der Waals surface area contributed by atoms with Crippen LogP contribution in [-0.2, 0) is 0 Å². The second-order valence-electron chi connectivity index (χ2n) is 3.85. The molecule has 0 spiro atoms. The van der Waals surface area contributed by atoms with Crippen LogP contribution in [0.2, 0.25) is 0 Å². The predicted molar refractivity (Wildman–Crippen MR) is 69.4 cm³/mol.